The minimum Gasteiger partial charge on any atom is -0.465 e. The number of nitrogens with zero attached hydrogens (tertiary/aromatic N) is 1. The van der Waals surface area contributed by atoms with Gasteiger partial charge in [0.2, 0.25) is 0 Å². The van der Waals surface area contributed by atoms with E-state index in [2.05, 4.69) is 0 Å². The van der Waals surface area contributed by atoms with Crippen LogP contribution >= 0.6 is 12.4 Å². The predicted octanol–water partition coefficient (Wildman–Crippen LogP) is 2.52. The first-order valence-corrected chi connectivity index (χ1v) is 7.22. The monoisotopic (exact) mass is 307 g/mol. The molecule has 0 N–H and O–H groups in total. The third-order valence-corrected chi connectivity index (χ3v) is 3.55. The molecule has 0 spiro atoms. The van der Waals surface area contributed by atoms with Crippen molar-refractivity contribution in [2.45, 2.75) is 57.9 Å². The Balaban J connectivity index is 0.00000361. The summed E-state index contributed by atoms with van der Waals surface area (Å²) in [5, 5.41) is 1.69. The number of halogens is 1. The van der Waals surface area contributed by atoms with E-state index in [1.165, 1.54) is 0 Å². The molecule has 1 aliphatic rings. The van der Waals surface area contributed by atoms with Crippen LogP contribution in [-0.2, 0) is 19.2 Å². The van der Waals surface area contributed by atoms with Gasteiger partial charge in [-0.05, 0) is 26.7 Å². The van der Waals surface area contributed by atoms with Gasteiger partial charge in [-0.2, -0.15) is 5.06 Å². The van der Waals surface area contributed by atoms with Crippen LogP contribution in [0.2, 0.25) is 0 Å². The molecule has 1 saturated carbocycles. The Morgan fingerprint density at radius 1 is 1.20 bits per heavy atom. The first-order valence-electron chi connectivity index (χ1n) is 7.22. The van der Waals surface area contributed by atoms with Gasteiger partial charge in [0.05, 0.1) is 13.2 Å². The van der Waals surface area contributed by atoms with Crippen LogP contribution < -0.4 is 0 Å². The van der Waals surface area contributed by atoms with Crippen LogP contribution in [-0.4, -0.2) is 42.6 Å². The Kier molecular flexibility index (Phi) is 9.80. The van der Waals surface area contributed by atoms with E-state index in [0.29, 0.717) is 26.2 Å². The van der Waals surface area contributed by atoms with Gasteiger partial charge in [0.15, 0.2) is 0 Å². The van der Waals surface area contributed by atoms with E-state index in [1.54, 1.807) is 5.06 Å². The second kappa shape index (κ2) is 10.1. The third kappa shape index (κ3) is 4.72. The van der Waals surface area contributed by atoms with Crippen molar-refractivity contribution in [2.24, 2.45) is 0 Å². The van der Waals surface area contributed by atoms with Crippen molar-refractivity contribution in [1.29, 1.82) is 0 Å². The zero-order chi connectivity index (χ0) is 14.1. The lowest BCUT2D eigenvalue weighted by molar-refractivity contribution is -0.237. The highest BCUT2D eigenvalue weighted by Crippen LogP contribution is 2.35. The van der Waals surface area contributed by atoms with E-state index in [0.717, 1.165) is 38.4 Å². The summed E-state index contributed by atoms with van der Waals surface area (Å²) in [5.74, 6) is -0.214. The molecule has 0 saturated heterocycles. The average molecular weight is 308 g/mol. The van der Waals surface area contributed by atoms with Crippen molar-refractivity contribution >= 4 is 24.7 Å². The summed E-state index contributed by atoms with van der Waals surface area (Å²) >= 11 is 0. The molecule has 0 aliphatic heterocycles. The van der Waals surface area contributed by atoms with Crippen molar-refractivity contribution in [3.05, 3.63) is 0 Å². The number of hydrogen-bond donors (Lipinski definition) is 0. The lowest BCUT2D eigenvalue weighted by Crippen LogP contribution is -2.56. The Morgan fingerprint density at radius 3 is 2.35 bits per heavy atom. The molecule has 0 bridgehead atoms. The summed E-state index contributed by atoms with van der Waals surface area (Å²) in [7, 11) is 0. The molecule has 118 valence electrons. The number of carbonyl (C=O) groups is 2. The molecule has 1 rings (SSSR count). The number of hydroxylamine groups is 2. The van der Waals surface area contributed by atoms with Gasteiger partial charge in [-0.3, -0.25) is 4.84 Å². The molecule has 0 unspecified atom stereocenters. The fraction of sp³-hybridized carbons (Fsp3) is 0.857. The Bertz CT molecular complexity index is 293. The summed E-state index contributed by atoms with van der Waals surface area (Å²) in [6, 6.07) is 0. The molecular weight excluding hydrogens is 282 g/mol. The maximum absolute atomic E-state index is 12.4. The van der Waals surface area contributed by atoms with E-state index in [9.17, 15) is 9.59 Å². The van der Waals surface area contributed by atoms with Crippen molar-refractivity contribution < 1.29 is 19.2 Å². The van der Waals surface area contributed by atoms with Gasteiger partial charge in [0, 0.05) is 13.0 Å². The van der Waals surface area contributed by atoms with Gasteiger partial charge in [-0.25, -0.2) is 4.79 Å². The number of ether oxygens (including phenoxy) is 1. The summed E-state index contributed by atoms with van der Waals surface area (Å²) in [4.78, 5) is 28.6. The van der Waals surface area contributed by atoms with Gasteiger partial charge in [-0.1, -0.05) is 19.3 Å². The summed E-state index contributed by atoms with van der Waals surface area (Å²) in [6.45, 7) is 4.99. The molecular formula is C14H26ClNO4. The van der Waals surface area contributed by atoms with Crippen LogP contribution in [0.4, 0.5) is 0 Å². The van der Waals surface area contributed by atoms with Gasteiger partial charge >= 0.3 is 5.97 Å². The lowest BCUT2D eigenvalue weighted by Gasteiger charge is -2.42. The molecule has 20 heavy (non-hydrogen) atoms. The fourth-order valence-corrected chi connectivity index (χ4v) is 2.69. The molecule has 1 aliphatic carbocycles. The number of hydrogen-bond acceptors (Lipinski definition) is 5. The van der Waals surface area contributed by atoms with E-state index < -0.39 is 5.54 Å². The number of carbonyl (C=O) groups excluding carboxylic acids is 2. The summed E-state index contributed by atoms with van der Waals surface area (Å²) in [5.41, 5.74) is -0.701. The lowest BCUT2D eigenvalue weighted by atomic mass is 9.81. The zero-order valence-corrected chi connectivity index (χ0v) is 13.2. The van der Waals surface area contributed by atoms with Crippen LogP contribution in [0, 0.1) is 0 Å². The molecule has 0 heterocycles. The number of rotatable bonds is 8. The van der Waals surface area contributed by atoms with Crippen LogP contribution in [0.5, 0.6) is 0 Å². The topological polar surface area (TPSA) is 55.8 Å². The number of esters is 1. The molecule has 0 aromatic heterocycles. The van der Waals surface area contributed by atoms with E-state index in [-0.39, 0.29) is 18.4 Å². The largest absolute Gasteiger partial charge is 0.465 e. The fourth-order valence-electron chi connectivity index (χ4n) is 2.69. The van der Waals surface area contributed by atoms with Gasteiger partial charge < -0.3 is 9.53 Å². The third-order valence-electron chi connectivity index (χ3n) is 3.55. The van der Waals surface area contributed by atoms with Crippen LogP contribution in [0.1, 0.15) is 52.4 Å². The number of aldehydes is 1. The van der Waals surface area contributed by atoms with Gasteiger partial charge in [-0.15, -0.1) is 12.4 Å². The van der Waals surface area contributed by atoms with Crippen molar-refractivity contribution in [1.82, 2.24) is 5.06 Å². The quantitative estimate of drug-likeness (QED) is 0.392. The Hall–Kier alpha value is -0.650. The van der Waals surface area contributed by atoms with E-state index >= 15 is 0 Å². The molecule has 0 atom stereocenters. The van der Waals surface area contributed by atoms with Crippen LogP contribution in [0.3, 0.4) is 0 Å². The SMILES string of the molecule is CCOC(=O)C1(N(CCC=O)OCC)CCCCC1.Cl. The van der Waals surface area contributed by atoms with Crippen LogP contribution in [0.15, 0.2) is 0 Å². The normalized spacial score (nSPS) is 17.4. The van der Waals surface area contributed by atoms with Crippen molar-refractivity contribution in [3.8, 4) is 0 Å². The predicted molar refractivity (Wildman–Crippen MR) is 78.7 cm³/mol. The van der Waals surface area contributed by atoms with Crippen molar-refractivity contribution in [3.63, 3.8) is 0 Å². The first-order chi connectivity index (χ1) is 9.21. The zero-order valence-electron chi connectivity index (χ0n) is 12.4. The smallest absolute Gasteiger partial charge is 0.328 e. The highest BCUT2D eigenvalue weighted by Gasteiger charge is 2.46. The molecule has 5 nitrogen and oxygen atoms in total. The van der Waals surface area contributed by atoms with Crippen LogP contribution in [0.25, 0.3) is 0 Å². The molecule has 1 fully saturated rings. The summed E-state index contributed by atoms with van der Waals surface area (Å²) < 4.78 is 5.24. The molecule has 0 aromatic carbocycles. The Morgan fingerprint density at radius 2 is 1.85 bits per heavy atom. The maximum Gasteiger partial charge on any atom is 0.328 e. The van der Waals surface area contributed by atoms with E-state index in [4.69, 9.17) is 9.57 Å². The minimum atomic E-state index is -0.701. The highest BCUT2D eigenvalue weighted by atomic mass is 35.5. The van der Waals surface area contributed by atoms with E-state index in [1.807, 2.05) is 13.8 Å². The maximum atomic E-state index is 12.4. The summed E-state index contributed by atoms with van der Waals surface area (Å²) in [6.07, 6.45) is 5.81. The highest BCUT2D eigenvalue weighted by molar-refractivity contribution is 5.85. The standard InChI is InChI=1S/C14H25NO4.ClH/c1-3-18-13(17)14(9-6-5-7-10-14)15(19-4-2)11-8-12-16;/h12H,3-11H2,1-2H3;1H. The molecule has 0 amide bonds. The van der Waals surface area contributed by atoms with Gasteiger partial charge in [0.25, 0.3) is 0 Å². The molecule has 0 radical (unpaired) electrons. The van der Waals surface area contributed by atoms with Gasteiger partial charge in [0.1, 0.15) is 11.8 Å². The van der Waals surface area contributed by atoms with Crippen molar-refractivity contribution in [2.75, 3.05) is 19.8 Å². The average Bonchev–Trinajstić information content (AvgIpc) is 2.44. The second-order valence-electron chi connectivity index (χ2n) is 4.79. The second-order valence-corrected chi connectivity index (χ2v) is 4.79. The minimum absolute atomic E-state index is 0. The first kappa shape index (κ1) is 19.4. The Labute approximate surface area is 127 Å². The molecule has 6 heteroatoms. The molecule has 0 aromatic rings.